The summed E-state index contributed by atoms with van der Waals surface area (Å²) in [5.41, 5.74) is 5.08. The van der Waals surface area contributed by atoms with Crippen molar-refractivity contribution in [1.82, 2.24) is 24.8 Å². The van der Waals surface area contributed by atoms with E-state index >= 15 is 0 Å². The van der Waals surface area contributed by atoms with Crippen molar-refractivity contribution in [3.8, 4) is 0 Å². The summed E-state index contributed by atoms with van der Waals surface area (Å²) in [6.45, 7) is 13.2. The molecule has 2 aromatic carbocycles. The van der Waals surface area contributed by atoms with Crippen molar-refractivity contribution in [3.63, 3.8) is 0 Å². The van der Waals surface area contributed by atoms with Gasteiger partial charge in [-0.3, -0.25) is 14.8 Å². The number of hydrogen-bond acceptors (Lipinski definition) is 8. The van der Waals surface area contributed by atoms with Crippen LogP contribution in [0.3, 0.4) is 0 Å². The van der Waals surface area contributed by atoms with Gasteiger partial charge in [0.25, 0.3) is 0 Å². The Bertz CT molecular complexity index is 1430. The van der Waals surface area contributed by atoms with E-state index in [1.165, 1.54) is 12.0 Å². The number of likely N-dealkylation sites (tertiary alicyclic amines) is 1. The fourth-order valence-corrected chi connectivity index (χ4v) is 5.17. The van der Waals surface area contributed by atoms with Gasteiger partial charge < -0.3 is 15.1 Å². The fourth-order valence-electron chi connectivity index (χ4n) is 5.17. The molecule has 1 fully saturated rings. The Morgan fingerprint density at radius 1 is 1.16 bits per heavy atom. The molecule has 5 rings (SSSR count). The van der Waals surface area contributed by atoms with Crippen LogP contribution < -0.4 is 16.4 Å². The molecule has 1 saturated heterocycles. The first-order chi connectivity index (χ1) is 17.9. The van der Waals surface area contributed by atoms with Gasteiger partial charge in [-0.05, 0) is 69.3 Å². The van der Waals surface area contributed by atoms with Gasteiger partial charge in [0.15, 0.2) is 5.58 Å². The Hall–Kier alpha value is -3.69. The van der Waals surface area contributed by atoms with E-state index in [9.17, 15) is 4.79 Å². The second kappa shape index (κ2) is 10.7. The topological polar surface area (TPSA) is 102 Å². The van der Waals surface area contributed by atoms with Gasteiger partial charge in [0, 0.05) is 48.3 Å². The number of anilines is 4. The van der Waals surface area contributed by atoms with Crippen LogP contribution >= 0.6 is 0 Å². The molecule has 2 atom stereocenters. The minimum atomic E-state index is -0.471. The lowest BCUT2D eigenvalue weighted by Crippen LogP contribution is -2.37. The van der Waals surface area contributed by atoms with Crippen LogP contribution in [0.2, 0.25) is 0 Å². The SMILES string of the molecule is CCN(CC)C1CCN(C(C)c2cccc(Nc3ncc(C)c(Nc4ccc5oc(=O)[nH]c5c4)n3)c2)C1. The van der Waals surface area contributed by atoms with Gasteiger partial charge in [-0.15, -0.1) is 0 Å². The van der Waals surface area contributed by atoms with E-state index in [1.807, 2.05) is 25.1 Å². The van der Waals surface area contributed by atoms with Crippen LogP contribution in [-0.4, -0.2) is 57.0 Å². The molecule has 0 aliphatic carbocycles. The lowest BCUT2D eigenvalue weighted by Gasteiger charge is -2.29. The molecule has 2 aromatic heterocycles. The maximum atomic E-state index is 11.5. The summed E-state index contributed by atoms with van der Waals surface area (Å²) >= 11 is 0. The summed E-state index contributed by atoms with van der Waals surface area (Å²) in [7, 11) is 0. The molecule has 0 saturated carbocycles. The van der Waals surface area contributed by atoms with E-state index in [0.717, 1.165) is 43.1 Å². The Kier molecular flexibility index (Phi) is 7.25. The van der Waals surface area contributed by atoms with Crippen molar-refractivity contribution in [2.45, 2.75) is 46.2 Å². The van der Waals surface area contributed by atoms with Crippen molar-refractivity contribution < 1.29 is 4.42 Å². The normalized spacial score (nSPS) is 16.9. The molecule has 9 nitrogen and oxygen atoms in total. The molecule has 37 heavy (non-hydrogen) atoms. The highest BCUT2D eigenvalue weighted by Crippen LogP contribution is 2.29. The zero-order valence-electron chi connectivity index (χ0n) is 21.9. The summed E-state index contributed by atoms with van der Waals surface area (Å²) in [6.07, 6.45) is 3.01. The predicted octanol–water partition coefficient (Wildman–Crippen LogP) is 5.18. The average Bonchev–Trinajstić information content (AvgIpc) is 3.52. The Morgan fingerprint density at radius 2 is 1.97 bits per heavy atom. The number of aromatic nitrogens is 3. The van der Waals surface area contributed by atoms with Crippen molar-refractivity contribution in [3.05, 3.63) is 70.3 Å². The van der Waals surface area contributed by atoms with Crippen LogP contribution in [0.1, 0.15) is 44.4 Å². The van der Waals surface area contributed by atoms with E-state index in [-0.39, 0.29) is 0 Å². The molecule has 4 aromatic rings. The Morgan fingerprint density at radius 3 is 2.78 bits per heavy atom. The number of likely N-dealkylation sites (N-methyl/N-ethyl adjacent to an activating group) is 1. The first-order valence-corrected chi connectivity index (χ1v) is 13.0. The molecule has 3 heterocycles. The Labute approximate surface area is 216 Å². The summed E-state index contributed by atoms with van der Waals surface area (Å²) in [4.78, 5) is 28.5. The number of rotatable bonds is 9. The highest BCUT2D eigenvalue weighted by atomic mass is 16.4. The number of benzene rings is 2. The smallest absolute Gasteiger partial charge is 0.408 e. The summed E-state index contributed by atoms with van der Waals surface area (Å²) in [6, 6.07) is 14.9. The number of hydrogen-bond donors (Lipinski definition) is 3. The van der Waals surface area contributed by atoms with Crippen molar-refractivity contribution in [2.75, 3.05) is 36.8 Å². The average molecular weight is 502 g/mol. The van der Waals surface area contributed by atoms with Gasteiger partial charge in [0.1, 0.15) is 5.82 Å². The molecule has 1 aliphatic heterocycles. The largest absolute Gasteiger partial charge is 0.417 e. The molecule has 9 heteroatoms. The van der Waals surface area contributed by atoms with Crippen LogP contribution in [0.5, 0.6) is 0 Å². The van der Waals surface area contributed by atoms with Gasteiger partial charge in [-0.25, -0.2) is 9.78 Å². The fraction of sp³-hybridized carbons (Fsp3) is 0.393. The van der Waals surface area contributed by atoms with Crippen LogP contribution in [0.15, 0.2) is 57.9 Å². The molecule has 194 valence electrons. The number of aromatic amines is 1. The van der Waals surface area contributed by atoms with Crippen LogP contribution in [0.4, 0.5) is 23.1 Å². The molecule has 3 N–H and O–H groups in total. The third kappa shape index (κ3) is 5.52. The molecule has 1 aliphatic rings. The quantitative estimate of drug-likeness (QED) is 0.288. The first-order valence-electron chi connectivity index (χ1n) is 13.0. The molecule has 0 bridgehead atoms. The lowest BCUT2D eigenvalue weighted by atomic mass is 10.1. The third-order valence-corrected chi connectivity index (χ3v) is 7.35. The van der Waals surface area contributed by atoms with Crippen molar-refractivity contribution in [1.29, 1.82) is 0 Å². The van der Waals surface area contributed by atoms with E-state index in [2.05, 4.69) is 69.4 Å². The third-order valence-electron chi connectivity index (χ3n) is 7.35. The van der Waals surface area contributed by atoms with Gasteiger partial charge in [0.05, 0.1) is 5.52 Å². The zero-order valence-corrected chi connectivity index (χ0v) is 21.9. The highest BCUT2D eigenvalue weighted by Gasteiger charge is 2.29. The molecule has 0 radical (unpaired) electrons. The second-order valence-electron chi connectivity index (χ2n) is 9.66. The number of oxazole rings is 1. The minimum absolute atomic E-state index is 0.336. The molecule has 2 unspecified atom stereocenters. The molecule has 0 amide bonds. The predicted molar refractivity (Wildman–Crippen MR) is 148 cm³/mol. The highest BCUT2D eigenvalue weighted by molar-refractivity contribution is 5.78. The van der Waals surface area contributed by atoms with Crippen molar-refractivity contribution in [2.24, 2.45) is 0 Å². The number of nitrogens with one attached hydrogen (secondary N) is 3. The number of H-pyrrole nitrogens is 1. The second-order valence-corrected chi connectivity index (χ2v) is 9.66. The van der Waals surface area contributed by atoms with E-state index < -0.39 is 5.76 Å². The monoisotopic (exact) mass is 501 g/mol. The number of fused-ring (bicyclic) bond motifs is 1. The van der Waals surface area contributed by atoms with Crippen LogP contribution in [0, 0.1) is 6.92 Å². The summed E-state index contributed by atoms with van der Waals surface area (Å²) in [5, 5.41) is 6.69. The molecular formula is C28H35N7O2. The summed E-state index contributed by atoms with van der Waals surface area (Å²) in [5.74, 6) is 0.729. The maximum Gasteiger partial charge on any atom is 0.417 e. The molecular weight excluding hydrogens is 466 g/mol. The van der Waals surface area contributed by atoms with Gasteiger partial charge in [0.2, 0.25) is 5.95 Å². The van der Waals surface area contributed by atoms with Gasteiger partial charge in [-0.1, -0.05) is 26.0 Å². The van der Waals surface area contributed by atoms with E-state index in [1.54, 1.807) is 12.3 Å². The van der Waals surface area contributed by atoms with E-state index in [0.29, 0.717) is 34.9 Å². The Balaban J connectivity index is 1.29. The first kappa shape index (κ1) is 25.0. The number of aryl methyl sites for hydroxylation is 1. The standard InChI is InChI=1S/C28H35N7O2/c1-5-34(6-2)23-12-13-35(17-23)19(4)20-8-7-9-21(14-20)31-27-29-16-18(3)26(33-27)30-22-10-11-25-24(15-22)32-28(36)37-25/h7-11,14-16,19,23H,5-6,12-13,17H2,1-4H3,(H,32,36)(H2,29,30,31,33). The molecule has 0 spiro atoms. The van der Waals surface area contributed by atoms with Crippen molar-refractivity contribution >= 4 is 34.2 Å². The van der Waals surface area contributed by atoms with Crippen LogP contribution in [0.25, 0.3) is 11.1 Å². The van der Waals surface area contributed by atoms with Gasteiger partial charge >= 0.3 is 5.76 Å². The lowest BCUT2D eigenvalue weighted by molar-refractivity contribution is 0.193. The van der Waals surface area contributed by atoms with Crippen LogP contribution in [-0.2, 0) is 0 Å². The van der Waals surface area contributed by atoms with Gasteiger partial charge in [-0.2, -0.15) is 4.98 Å². The summed E-state index contributed by atoms with van der Waals surface area (Å²) < 4.78 is 5.09. The zero-order chi connectivity index (χ0) is 25.9. The minimum Gasteiger partial charge on any atom is -0.408 e. The number of nitrogens with zero attached hydrogens (tertiary/aromatic N) is 4. The van der Waals surface area contributed by atoms with E-state index in [4.69, 9.17) is 9.40 Å². The maximum absolute atomic E-state index is 11.5.